The van der Waals surface area contributed by atoms with Gasteiger partial charge in [0.05, 0.1) is 55.6 Å². The predicted molar refractivity (Wildman–Crippen MR) is 135 cm³/mol. The fourth-order valence-corrected chi connectivity index (χ4v) is 5.32. The minimum Gasteiger partial charge on any atom is -0.486 e. The van der Waals surface area contributed by atoms with E-state index in [0.29, 0.717) is 62.2 Å². The van der Waals surface area contributed by atoms with Crippen molar-refractivity contribution in [2.45, 2.75) is 43.6 Å². The molecule has 36 heavy (non-hydrogen) atoms. The Morgan fingerprint density at radius 2 is 1.78 bits per heavy atom. The standard InChI is InChI=1S/C24H30N6O5S/c1-14-9-33-12-16-13-35-19-20(24(2,3)36(4,31)32)27-23(28-21(19)29(14)16)30-18-8-6-5-7-17(18)26-22(30)25-15-10-34-11-15/h5-8,14-16H,9-13H2,1-4H3,(H,25,26)/t14?,16-/m0/s1. The van der Waals surface area contributed by atoms with Crippen molar-refractivity contribution in [2.75, 3.05) is 49.5 Å². The number of fused-ring (bicyclic) bond motifs is 4. The van der Waals surface area contributed by atoms with Gasteiger partial charge in [-0.2, -0.15) is 4.98 Å². The van der Waals surface area contributed by atoms with Crippen LogP contribution in [-0.2, 0) is 24.1 Å². The van der Waals surface area contributed by atoms with Crippen molar-refractivity contribution in [1.29, 1.82) is 0 Å². The van der Waals surface area contributed by atoms with E-state index in [1.807, 2.05) is 28.8 Å². The summed E-state index contributed by atoms with van der Waals surface area (Å²) in [5.74, 6) is 1.90. The molecule has 2 aromatic heterocycles. The van der Waals surface area contributed by atoms with Gasteiger partial charge in [-0.3, -0.25) is 0 Å². The van der Waals surface area contributed by atoms with Crippen LogP contribution in [0.4, 0.5) is 11.8 Å². The first-order chi connectivity index (χ1) is 17.1. The summed E-state index contributed by atoms with van der Waals surface area (Å²) in [7, 11) is -3.55. The number of sulfone groups is 1. The van der Waals surface area contributed by atoms with Crippen LogP contribution in [0.1, 0.15) is 26.5 Å². The first-order valence-electron chi connectivity index (χ1n) is 12.1. The quantitative estimate of drug-likeness (QED) is 0.540. The molecule has 2 fully saturated rings. The molecule has 0 amide bonds. The lowest BCUT2D eigenvalue weighted by Crippen LogP contribution is -2.56. The molecule has 3 aliphatic heterocycles. The number of benzene rings is 1. The van der Waals surface area contributed by atoms with E-state index in [1.165, 1.54) is 6.26 Å². The van der Waals surface area contributed by atoms with Gasteiger partial charge in [0, 0.05) is 6.26 Å². The summed E-state index contributed by atoms with van der Waals surface area (Å²) in [5.41, 5.74) is 1.92. The van der Waals surface area contributed by atoms with Gasteiger partial charge in [0.25, 0.3) is 0 Å². The molecule has 1 unspecified atom stereocenters. The van der Waals surface area contributed by atoms with Crippen LogP contribution in [0, 0.1) is 0 Å². The van der Waals surface area contributed by atoms with Crippen molar-refractivity contribution >= 4 is 32.6 Å². The van der Waals surface area contributed by atoms with Crippen molar-refractivity contribution < 1.29 is 22.6 Å². The summed E-state index contributed by atoms with van der Waals surface area (Å²) < 4.78 is 43.7. The zero-order valence-electron chi connectivity index (χ0n) is 20.8. The molecule has 0 saturated carbocycles. The first kappa shape index (κ1) is 23.4. The van der Waals surface area contributed by atoms with Crippen molar-refractivity contribution in [3.63, 3.8) is 0 Å². The van der Waals surface area contributed by atoms with Crippen LogP contribution >= 0.6 is 0 Å². The lowest BCUT2D eigenvalue weighted by atomic mass is 10.0. The Labute approximate surface area is 209 Å². The van der Waals surface area contributed by atoms with Gasteiger partial charge in [0.1, 0.15) is 17.0 Å². The maximum Gasteiger partial charge on any atom is 0.239 e. The molecule has 3 aromatic rings. The molecule has 2 atom stereocenters. The summed E-state index contributed by atoms with van der Waals surface area (Å²) in [5, 5.41) is 3.43. The van der Waals surface area contributed by atoms with Crippen molar-refractivity contribution in [3.05, 3.63) is 30.0 Å². The van der Waals surface area contributed by atoms with Crippen LogP contribution in [0.3, 0.4) is 0 Å². The summed E-state index contributed by atoms with van der Waals surface area (Å²) >= 11 is 0. The van der Waals surface area contributed by atoms with Crippen molar-refractivity contribution in [1.82, 2.24) is 19.5 Å². The highest BCUT2D eigenvalue weighted by atomic mass is 32.2. The molecule has 1 N–H and O–H groups in total. The van der Waals surface area contributed by atoms with Crippen LogP contribution in [0.15, 0.2) is 24.3 Å². The molecular formula is C24H30N6O5S. The lowest BCUT2D eigenvalue weighted by Gasteiger charge is -2.45. The van der Waals surface area contributed by atoms with Gasteiger partial charge in [0.2, 0.25) is 11.9 Å². The molecule has 192 valence electrons. The monoisotopic (exact) mass is 514 g/mol. The number of rotatable bonds is 5. The highest BCUT2D eigenvalue weighted by Gasteiger charge is 2.44. The Balaban J connectivity index is 1.62. The number of imidazole rings is 1. The van der Waals surface area contributed by atoms with Gasteiger partial charge in [-0.1, -0.05) is 12.1 Å². The maximum atomic E-state index is 13.0. The van der Waals surface area contributed by atoms with Gasteiger partial charge < -0.3 is 24.4 Å². The molecule has 11 nitrogen and oxygen atoms in total. The highest BCUT2D eigenvalue weighted by molar-refractivity contribution is 7.91. The second kappa shape index (κ2) is 8.29. The van der Waals surface area contributed by atoms with Gasteiger partial charge in [0.15, 0.2) is 21.4 Å². The Morgan fingerprint density at radius 3 is 2.50 bits per heavy atom. The summed E-state index contributed by atoms with van der Waals surface area (Å²) in [4.78, 5) is 16.8. The molecule has 5 heterocycles. The number of hydrogen-bond acceptors (Lipinski definition) is 10. The highest BCUT2D eigenvalue weighted by Crippen LogP contribution is 2.44. The lowest BCUT2D eigenvalue weighted by molar-refractivity contribution is 0.0207. The maximum absolute atomic E-state index is 13.0. The number of para-hydroxylation sites is 2. The minimum absolute atomic E-state index is 0.0255. The molecule has 1 aromatic carbocycles. The van der Waals surface area contributed by atoms with Gasteiger partial charge in [-0.25, -0.2) is 23.0 Å². The largest absolute Gasteiger partial charge is 0.486 e. The third kappa shape index (κ3) is 3.61. The van der Waals surface area contributed by atoms with Crippen LogP contribution < -0.4 is 15.0 Å². The molecule has 0 radical (unpaired) electrons. The van der Waals surface area contributed by atoms with Crippen LogP contribution in [0.25, 0.3) is 17.0 Å². The number of anilines is 2. The van der Waals surface area contributed by atoms with E-state index in [2.05, 4.69) is 17.1 Å². The van der Waals surface area contributed by atoms with Crippen molar-refractivity contribution in [2.24, 2.45) is 0 Å². The van der Waals surface area contributed by atoms with Crippen LogP contribution in [0.2, 0.25) is 0 Å². The average Bonchev–Trinajstić information content (AvgIpc) is 3.18. The van der Waals surface area contributed by atoms with E-state index < -0.39 is 14.6 Å². The number of morpholine rings is 1. The fourth-order valence-electron chi connectivity index (χ4n) is 4.83. The molecule has 0 spiro atoms. The van der Waals surface area contributed by atoms with Gasteiger partial charge in [-0.05, 0) is 32.9 Å². The zero-order valence-corrected chi connectivity index (χ0v) is 21.6. The summed E-state index contributed by atoms with van der Waals surface area (Å²) in [6.45, 7) is 7.98. The number of nitrogens with one attached hydrogen (secondary N) is 1. The van der Waals surface area contributed by atoms with E-state index in [0.717, 1.165) is 11.0 Å². The summed E-state index contributed by atoms with van der Waals surface area (Å²) in [6.07, 6.45) is 1.22. The molecule has 6 rings (SSSR count). The van der Waals surface area contributed by atoms with Crippen molar-refractivity contribution in [3.8, 4) is 11.7 Å². The van der Waals surface area contributed by atoms with Gasteiger partial charge in [-0.15, -0.1) is 0 Å². The number of hydrogen-bond donors (Lipinski definition) is 1. The molecule has 0 bridgehead atoms. The van der Waals surface area contributed by atoms with E-state index >= 15 is 0 Å². The Bertz CT molecular complexity index is 1430. The summed E-state index contributed by atoms with van der Waals surface area (Å²) in [6, 6.07) is 7.87. The van der Waals surface area contributed by atoms with E-state index in [1.54, 1.807) is 13.8 Å². The zero-order chi connectivity index (χ0) is 25.2. The second-order valence-corrected chi connectivity index (χ2v) is 12.8. The number of aromatic nitrogens is 4. The smallest absolute Gasteiger partial charge is 0.239 e. The minimum atomic E-state index is -3.55. The molecule has 3 aliphatic rings. The molecule has 2 saturated heterocycles. The third-order valence-corrected chi connectivity index (χ3v) is 9.31. The number of nitrogens with zero attached hydrogens (tertiary/aromatic N) is 5. The number of ether oxygens (including phenoxy) is 3. The van der Waals surface area contributed by atoms with Gasteiger partial charge >= 0.3 is 0 Å². The van der Waals surface area contributed by atoms with E-state index in [-0.39, 0.29) is 18.1 Å². The topological polar surface area (TPSA) is 121 Å². The molecule has 12 heteroatoms. The van der Waals surface area contributed by atoms with E-state index in [4.69, 9.17) is 29.2 Å². The molecule has 0 aliphatic carbocycles. The second-order valence-electron chi connectivity index (χ2n) is 10.2. The normalized spacial score (nSPS) is 22.5. The Morgan fingerprint density at radius 1 is 1.03 bits per heavy atom. The van der Waals surface area contributed by atoms with Crippen LogP contribution in [-0.4, -0.2) is 85.4 Å². The predicted octanol–water partition coefficient (Wildman–Crippen LogP) is 1.89. The first-order valence-corrected chi connectivity index (χ1v) is 14.0. The third-order valence-electron chi connectivity index (χ3n) is 7.27. The van der Waals surface area contributed by atoms with Crippen LogP contribution in [0.5, 0.6) is 5.75 Å². The SMILES string of the molecule is CC1COC[C@H]2COc3c(nc(-n4c(NC5COC5)nc5ccccc54)nc3C(C)(C)S(C)(=O)=O)N12. The Kier molecular flexibility index (Phi) is 5.39. The fraction of sp³-hybridized carbons (Fsp3) is 0.542. The Hall–Kier alpha value is -2.96. The molecular weight excluding hydrogens is 484 g/mol. The average molecular weight is 515 g/mol. The van der Waals surface area contributed by atoms with E-state index in [9.17, 15) is 8.42 Å².